The van der Waals surface area contributed by atoms with Gasteiger partial charge in [0.1, 0.15) is 10.7 Å². The first-order valence-electron chi connectivity index (χ1n) is 7.49. The van der Waals surface area contributed by atoms with Gasteiger partial charge in [-0.3, -0.25) is 4.79 Å². The number of halogens is 1. The Morgan fingerprint density at radius 3 is 2.62 bits per heavy atom. The van der Waals surface area contributed by atoms with Gasteiger partial charge < -0.3 is 5.32 Å². The predicted octanol–water partition coefficient (Wildman–Crippen LogP) is 3.64. The summed E-state index contributed by atoms with van der Waals surface area (Å²) in [4.78, 5) is 16.6. The van der Waals surface area contributed by atoms with E-state index in [4.69, 9.17) is 11.6 Å². The molecule has 1 saturated carbocycles. The lowest BCUT2D eigenvalue weighted by atomic mass is 9.91. The topological polar surface area (TPSA) is 65.8 Å². The fourth-order valence-electron chi connectivity index (χ4n) is 2.75. The Balaban J connectivity index is 2.19. The van der Waals surface area contributed by atoms with Crippen LogP contribution in [0.2, 0.25) is 5.15 Å². The summed E-state index contributed by atoms with van der Waals surface area (Å²) in [5.41, 5.74) is 0.514. The molecule has 1 heterocycles. The van der Waals surface area contributed by atoms with Crippen LogP contribution >= 0.6 is 11.6 Å². The number of aromatic nitrogens is 1. The largest absolute Gasteiger partial charge is 0.334 e. The van der Waals surface area contributed by atoms with Crippen LogP contribution < -0.4 is 5.32 Å². The minimum Gasteiger partial charge on any atom is -0.334 e. The fraction of sp³-hybridized carbons (Fsp3) is 0.562. The lowest BCUT2D eigenvalue weighted by molar-refractivity contribution is 0.0912. The normalized spacial score (nSPS) is 17.6. The third kappa shape index (κ3) is 3.95. The zero-order chi connectivity index (χ0) is 15.3. The smallest absolute Gasteiger partial charge is 0.252 e. The summed E-state index contributed by atoms with van der Waals surface area (Å²) in [5, 5.41) is 12.8. The number of pyridine rings is 1. The standard InChI is InChI=1S/C16H20ClN3O/c1-2-13-9-12(10-14(17)19-13)15(21)20-16(11-18)7-5-3-4-6-8-16/h9-10H,2-8H2,1H3,(H,20,21). The minimum absolute atomic E-state index is 0.238. The third-order valence-corrected chi connectivity index (χ3v) is 4.19. The molecule has 1 fully saturated rings. The van der Waals surface area contributed by atoms with E-state index in [1.54, 1.807) is 12.1 Å². The Morgan fingerprint density at radius 2 is 2.05 bits per heavy atom. The molecule has 4 nitrogen and oxygen atoms in total. The third-order valence-electron chi connectivity index (χ3n) is 4.00. The van der Waals surface area contributed by atoms with Crippen molar-refractivity contribution in [3.8, 4) is 6.07 Å². The van der Waals surface area contributed by atoms with Gasteiger partial charge in [0.15, 0.2) is 0 Å². The van der Waals surface area contributed by atoms with Crippen molar-refractivity contribution in [1.29, 1.82) is 5.26 Å². The molecule has 112 valence electrons. The Bertz CT molecular complexity index is 557. The molecular formula is C16H20ClN3O. The molecule has 2 rings (SSSR count). The summed E-state index contributed by atoms with van der Waals surface area (Å²) in [6.45, 7) is 1.96. The van der Waals surface area contributed by atoms with E-state index in [0.717, 1.165) is 31.4 Å². The van der Waals surface area contributed by atoms with Crippen LogP contribution in [0.1, 0.15) is 61.5 Å². The summed E-state index contributed by atoms with van der Waals surface area (Å²) >= 11 is 5.95. The van der Waals surface area contributed by atoms with Crippen molar-refractivity contribution >= 4 is 17.5 Å². The molecule has 1 N–H and O–H groups in total. The number of carbonyl (C=O) groups excluding carboxylic acids is 1. The first kappa shape index (κ1) is 15.8. The average molecular weight is 306 g/mol. The minimum atomic E-state index is -0.740. The van der Waals surface area contributed by atoms with Crippen LogP contribution in [0.15, 0.2) is 12.1 Å². The van der Waals surface area contributed by atoms with Gasteiger partial charge in [-0.05, 0) is 31.4 Å². The van der Waals surface area contributed by atoms with Crippen LogP contribution in [-0.2, 0) is 6.42 Å². The van der Waals surface area contributed by atoms with Crippen LogP contribution in [0, 0.1) is 11.3 Å². The molecule has 1 amide bonds. The summed E-state index contributed by atoms with van der Waals surface area (Å²) < 4.78 is 0. The molecule has 5 heteroatoms. The van der Waals surface area contributed by atoms with E-state index in [1.807, 2.05) is 6.92 Å². The molecular weight excluding hydrogens is 286 g/mol. The van der Waals surface area contributed by atoms with Crippen molar-refractivity contribution in [3.05, 3.63) is 28.5 Å². The first-order chi connectivity index (χ1) is 10.1. The van der Waals surface area contributed by atoms with E-state index < -0.39 is 5.54 Å². The monoisotopic (exact) mass is 305 g/mol. The van der Waals surface area contributed by atoms with Gasteiger partial charge in [-0.15, -0.1) is 0 Å². The molecule has 0 atom stereocenters. The van der Waals surface area contributed by atoms with Crippen molar-refractivity contribution in [2.24, 2.45) is 0 Å². The predicted molar refractivity (Wildman–Crippen MR) is 82.1 cm³/mol. The van der Waals surface area contributed by atoms with E-state index in [0.29, 0.717) is 30.0 Å². The molecule has 1 aromatic heterocycles. The van der Waals surface area contributed by atoms with E-state index >= 15 is 0 Å². The van der Waals surface area contributed by atoms with E-state index in [2.05, 4.69) is 16.4 Å². The van der Waals surface area contributed by atoms with Crippen LogP contribution in [0.3, 0.4) is 0 Å². The van der Waals surface area contributed by atoms with Crippen molar-refractivity contribution < 1.29 is 4.79 Å². The SMILES string of the molecule is CCc1cc(C(=O)NC2(C#N)CCCCCC2)cc(Cl)n1. The Hall–Kier alpha value is -1.60. The van der Waals surface area contributed by atoms with Crippen molar-refractivity contribution in [2.75, 3.05) is 0 Å². The summed E-state index contributed by atoms with van der Waals surface area (Å²) in [7, 11) is 0. The maximum absolute atomic E-state index is 12.5. The molecule has 1 aliphatic carbocycles. The van der Waals surface area contributed by atoms with Crippen molar-refractivity contribution in [2.45, 2.75) is 57.4 Å². The number of hydrogen-bond donors (Lipinski definition) is 1. The number of nitrogens with one attached hydrogen (secondary N) is 1. The van der Waals surface area contributed by atoms with Gasteiger partial charge in [-0.25, -0.2) is 4.98 Å². The van der Waals surface area contributed by atoms with Gasteiger partial charge in [0.05, 0.1) is 6.07 Å². The Kier molecular flexibility index (Phi) is 5.19. The number of aryl methyl sites for hydroxylation is 1. The second-order valence-electron chi connectivity index (χ2n) is 5.59. The molecule has 0 radical (unpaired) electrons. The molecule has 0 saturated heterocycles. The number of amides is 1. The Labute approximate surface area is 130 Å². The second kappa shape index (κ2) is 6.91. The molecule has 1 aromatic rings. The lowest BCUT2D eigenvalue weighted by Gasteiger charge is -2.26. The summed E-state index contributed by atoms with van der Waals surface area (Å²) in [6.07, 6.45) is 6.35. The maximum atomic E-state index is 12.5. The number of carbonyl (C=O) groups is 1. The summed E-state index contributed by atoms with van der Waals surface area (Å²) in [6, 6.07) is 5.61. The van der Waals surface area contributed by atoms with Crippen LogP contribution in [0.5, 0.6) is 0 Å². The van der Waals surface area contributed by atoms with Crippen molar-refractivity contribution in [3.63, 3.8) is 0 Å². The van der Waals surface area contributed by atoms with Crippen LogP contribution in [-0.4, -0.2) is 16.4 Å². The first-order valence-corrected chi connectivity index (χ1v) is 7.86. The highest BCUT2D eigenvalue weighted by Gasteiger charge is 2.32. The molecule has 0 spiro atoms. The van der Waals surface area contributed by atoms with E-state index in [1.165, 1.54) is 0 Å². The molecule has 0 bridgehead atoms. The zero-order valence-electron chi connectivity index (χ0n) is 12.3. The van der Waals surface area contributed by atoms with E-state index in [-0.39, 0.29) is 5.91 Å². The van der Waals surface area contributed by atoms with Gasteiger partial charge in [-0.1, -0.05) is 44.2 Å². The quantitative estimate of drug-likeness (QED) is 0.685. The highest BCUT2D eigenvalue weighted by atomic mass is 35.5. The Morgan fingerprint density at radius 1 is 1.38 bits per heavy atom. The average Bonchev–Trinajstić information content (AvgIpc) is 2.72. The van der Waals surface area contributed by atoms with Gasteiger partial charge in [0.25, 0.3) is 5.91 Å². The molecule has 1 aliphatic rings. The number of nitriles is 1. The van der Waals surface area contributed by atoms with Gasteiger partial charge in [-0.2, -0.15) is 5.26 Å². The van der Waals surface area contributed by atoms with Crippen LogP contribution in [0.25, 0.3) is 0 Å². The number of rotatable bonds is 3. The number of nitrogens with zero attached hydrogens (tertiary/aromatic N) is 2. The summed E-state index contributed by atoms with van der Waals surface area (Å²) in [5.74, 6) is -0.238. The second-order valence-corrected chi connectivity index (χ2v) is 5.97. The van der Waals surface area contributed by atoms with Crippen molar-refractivity contribution in [1.82, 2.24) is 10.3 Å². The number of hydrogen-bond acceptors (Lipinski definition) is 3. The maximum Gasteiger partial charge on any atom is 0.252 e. The molecule has 21 heavy (non-hydrogen) atoms. The van der Waals surface area contributed by atoms with Gasteiger partial charge >= 0.3 is 0 Å². The molecule has 0 aliphatic heterocycles. The zero-order valence-corrected chi connectivity index (χ0v) is 13.0. The lowest BCUT2D eigenvalue weighted by Crippen LogP contribution is -2.47. The van der Waals surface area contributed by atoms with E-state index in [9.17, 15) is 10.1 Å². The molecule has 0 aromatic carbocycles. The highest BCUT2D eigenvalue weighted by Crippen LogP contribution is 2.27. The van der Waals surface area contributed by atoms with Gasteiger partial charge in [0.2, 0.25) is 0 Å². The van der Waals surface area contributed by atoms with Crippen LogP contribution in [0.4, 0.5) is 0 Å². The molecule has 0 unspecified atom stereocenters. The fourth-order valence-corrected chi connectivity index (χ4v) is 2.98. The highest BCUT2D eigenvalue weighted by molar-refractivity contribution is 6.29. The van der Waals surface area contributed by atoms with Gasteiger partial charge in [0, 0.05) is 11.3 Å².